The topological polar surface area (TPSA) is 102 Å². The van der Waals surface area contributed by atoms with Crippen LogP contribution in [0.1, 0.15) is 84.6 Å². The van der Waals surface area contributed by atoms with Crippen LogP contribution in [0.3, 0.4) is 0 Å². The van der Waals surface area contributed by atoms with Gasteiger partial charge >= 0.3 is 13.8 Å². The van der Waals surface area contributed by atoms with E-state index < -0.39 is 32.1 Å². The number of esters is 1. The van der Waals surface area contributed by atoms with Gasteiger partial charge in [-0.2, -0.15) is 0 Å². The van der Waals surface area contributed by atoms with Gasteiger partial charge in [-0.25, -0.2) is 14.0 Å². The molecule has 1 fully saturated rings. The predicted octanol–water partition coefficient (Wildman–Crippen LogP) is 4.36. The molecule has 1 aromatic rings. The number of phosphoric ester groups is 1. The van der Waals surface area contributed by atoms with Gasteiger partial charge in [-0.3, -0.25) is 13.6 Å². The van der Waals surface area contributed by atoms with Crippen molar-refractivity contribution in [3.05, 3.63) is 11.9 Å². The first-order valence-electron chi connectivity index (χ1n) is 9.97. The van der Waals surface area contributed by atoms with E-state index in [2.05, 4.69) is 10.3 Å². The molecule has 9 nitrogen and oxygen atoms in total. The first-order valence-corrected chi connectivity index (χ1v) is 11.4. The third-order valence-corrected chi connectivity index (χ3v) is 6.04. The first kappa shape index (κ1) is 23.0. The van der Waals surface area contributed by atoms with E-state index >= 15 is 0 Å². The number of hydrogen-bond donors (Lipinski definition) is 0. The molecule has 1 atom stereocenters. The number of rotatable bonds is 10. The number of carbonyl (C=O) groups is 1. The van der Waals surface area contributed by atoms with E-state index in [1.54, 1.807) is 39.3 Å². The largest absolute Gasteiger partial charge is 0.476 e. The second-order valence-corrected chi connectivity index (χ2v) is 8.92. The van der Waals surface area contributed by atoms with Gasteiger partial charge in [0.05, 0.1) is 36.7 Å². The summed E-state index contributed by atoms with van der Waals surface area (Å²) in [6.45, 7) is 8.71. The average molecular weight is 417 g/mol. The van der Waals surface area contributed by atoms with E-state index in [0.717, 1.165) is 25.7 Å². The molecule has 0 N–H and O–H groups in total. The van der Waals surface area contributed by atoms with Crippen molar-refractivity contribution in [3.8, 4) is 0 Å². The molecular formula is C18H32N3O6P. The summed E-state index contributed by atoms with van der Waals surface area (Å²) < 4.78 is 36.6. The minimum atomic E-state index is -4.04. The summed E-state index contributed by atoms with van der Waals surface area (Å²) in [7, 11) is -4.04. The van der Waals surface area contributed by atoms with Crippen molar-refractivity contribution in [3.63, 3.8) is 0 Å². The molecule has 1 aromatic heterocycles. The summed E-state index contributed by atoms with van der Waals surface area (Å²) in [5.74, 6) is -0.679. The molecule has 2 rings (SSSR count). The lowest BCUT2D eigenvalue weighted by atomic mass is 9.95. The van der Waals surface area contributed by atoms with Crippen LogP contribution in [0.2, 0.25) is 0 Å². The first-order chi connectivity index (χ1) is 13.3. The molecule has 0 amide bonds. The maximum atomic E-state index is 13.2. The smallest absolute Gasteiger partial charge is 0.464 e. The highest BCUT2D eigenvalue weighted by Gasteiger charge is 2.40. The molecular weight excluding hydrogens is 385 g/mol. The lowest BCUT2D eigenvalue weighted by molar-refractivity contribution is -0.153. The zero-order valence-corrected chi connectivity index (χ0v) is 18.3. The molecule has 1 unspecified atom stereocenters. The van der Waals surface area contributed by atoms with Gasteiger partial charge in [0.1, 0.15) is 0 Å². The van der Waals surface area contributed by atoms with Crippen molar-refractivity contribution in [1.82, 2.24) is 15.0 Å². The summed E-state index contributed by atoms with van der Waals surface area (Å²) in [4.78, 5) is 12.7. The van der Waals surface area contributed by atoms with Crippen LogP contribution in [0.5, 0.6) is 0 Å². The quantitative estimate of drug-likeness (QED) is 0.409. The lowest BCUT2D eigenvalue weighted by Gasteiger charge is -2.28. The minimum absolute atomic E-state index is 0.114. The summed E-state index contributed by atoms with van der Waals surface area (Å²) in [6.07, 6.45) is 4.52. The zero-order valence-electron chi connectivity index (χ0n) is 17.4. The Kier molecular flexibility index (Phi) is 8.61. The van der Waals surface area contributed by atoms with Crippen LogP contribution < -0.4 is 0 Å². The molecule has 160 valence electrons. The number of carbonyl (C=O) groups excluding carboxylic acids is 1. The molecule has 0 aliphatic heterocycles. The summed E-state index contributed by atoms with van der Waals surface area (Å²) >= 11 is 0. The third kappa shape index (κ3) is 6.37. The van der Waals surface area contributed by atoms with Crippen LogP contribution in [0.25, 0.3) is 0 Å². The van der Waals surface area contributed by atoms with Gasteiger partial charge < -0.3 is 4.74 Å². The number of nitrogens with zero attached hydrogens (tertiary/aromatic N) is 3. The van der Waals surface area contributed by atoms with E-state index in [9.17, 15) is 9.36 Å². The van der Waals surface area contributed by atoms with Crippen molar-refractivity contribution in [2.24, 2.45) is 0 Å². The van der Waals surface area contributed by atoms with Gasteiger partial charge in [-0.1, -0.05) is 24.5 Å². The zero-order chi connectivity index (χ0) is 20.7. The number of ether oxygens (including phenoxy) is 1. The van der Waals surface area contributed by atoms with Gasteiger partial charge in [0.25, 0.3) is 0 Å². The van der Waals surface area contributed by atoms with E-state index in [1.165, 1.54) is 12.6 Å². The number of hydrogen-bond acceptors (Lipinski definition) is 8. The fourth-order valence-electron chi connectivity index (χ4n) is 3.20. The highest BCUT2D eigenvalue weighted by Crippen LogP contribution is 2.55. The maximum Gasteiger partial charge on any atom is 0.476 e. The lowest BCUT2D eigenvalue weighted by Crippen LogP contribution is -2.25. The number of aromatic nitrogens is 3. The van der Waals surface area contributed by atoms with Crippen molar-refractivity contribution in [2.75, 3.05) is 6.61 Å². The van der Waals surface area contributed by atoms with E-state index in [-0.39, 0.29) is 12.6 Å². The molecule has 28 heavy (non-hydrogen) atoms. The minimum Gasteiger partial charge on any atom is -0.464 e. The predicted molar refractivity (Wildman–Crippen MR) is 103 cm³/mol. The summed E-state index contributed by atoms with van der Waals surface area (Å²) in [5.41, 5.74) is 0.394. The molecule has 0 aromatic carbocycles. The van der Waals surface area contributed by atoms with Crippen LogP contribution in [0, 0.1) is 0 Å². The standard InChI is InChI=1S/C18H32N3O6P/c1-6-24-18(22)17(27-28(23,25-13(2)3)26-14(4)5)16-12-19-20-21(16)15-10-8-7-9-11-15/h12-15,17H,6-11H2,1-5H3. The molecule has 0 saturated heterocycles. The van der Waals surface area contributed by atoms with Gasteiger partial charge in [0.15, 0.2) is 0 Å². The van der Waals surface area contributed by atoms with Crippen LogP contribution in [-0.4, -0.2) is 39.8 Å². The van der Waals surface area contributed by atoms with Gasteiger partial charge in [0.2, 0.25) is 6.10 Å². The van der Waals surface area contributed by atoms with E-state index in [4.69, 9.17) is 18.3 Å². The maximum absolute atomic E-state index is 13.2. The highest BCUT2D eigenvalue weighted by atomic mass is 31.2. The highest BCUT2D eigenvalue weighted by molar-refractivity contribution is 7.48. The Labute approximate surface area is 166 Å². The molecule has 1 aliphatic carbocycles. The Morgan fingerprint density at radius 2 is 1.75 bits per heavy atom. The molecule has 0 bridgehead atoms. The van der Waals surface area contributed by atoms with Crippen LogP contribution >= 0.6 is 7.82 Å². The van der Waals surface area contributed by atoms with Crippen LogP contribution in [-0.2, 0) is 27.7 Å². The Hall–Kier alpha value is -1.28. The fourth-order valence-corrected chi connectivity index (χ4v) is 4.84. The molecule has 1 saturated carbocycles. The Bertz CT molecular complexity index is 658. The van der Waals surface area contributed by atoms with Gasteiger partial charge in [-0.05, 0) is 47.5 Å². The molecule has 0 radical (unpaired) electrons. The molecule has 1 aliphatic rings. The summed E-state index contributed by atoms with van der Waals surface area (Å²) in [6, 6.07) is 0.114. The Balaban J connectivity index is 2.35. The second-order valence-electron chi connectivity index (χ2n) is 7.39. The summed E-state index contributed by atoms with van der Waals surface area (Å²) in [5, 5.41) is 8.13. The average Bonchev–Trinajstić information content (AvgIpc) is 3.08. The fraction of sp³-hybridized carbons (Fsp3) is 0.833. The Morgan fingerprint density at radius 3 is 2.29 bits per heavy atom. The van der Waals surface area contributed by atoms with E-state index in [0.29, 0.717) is 5.69 Å². The van der Waals surface area contributed by atoms with Crippen molar-refractivity contribution < 1.29 is 27.7 Å². The van der Waals surface area contributed by atoms with Crippen LogP contribution in [0.4, 0.5) is 0 Å². The second kappa shape index (κ2) is 10.5. The normalized spacial score (nSPS) is 17.2. The third-order valence-electron chi connectivity index (χ3n) is 4.21. The van der Waals surface area contributed by atoms with Crippen molar-refractivity contribution in [1.29, 1.82) is 0 Å². The van der Waals surface area contributed by atoms with Crippen LogP contribution in [0.15, 0.2) is 6.20 Å². The van der Waals surface area contributed by atoms with E-state index in [1.807, 2.05) is 0 Å². The van der Waals surface area contributed by atoms with Crippen molar-refractivity contribution in [2.45, 2.75) is 91.1 Å². The number of phosphoric acid groups is 1. The molecule has 0 spiro atoms. The Morgan fingerprint density at radius 1 is 1.14 bits per heavy atom. The van der Waals surface area contributed by atoms with Crippen molar-refractivity contribution >= 4 is 13.8 Å². The monoisotopic (exact) mass is 417 g/mol. The molecule has 1 heterocycles. The SMILES string of the molecule is CCOC(=O)C(OP(=O)(OC(C)C)OC(C)C)c1cnnn1C1CCCCC1. The van der Waals surface area contributed by atoms with Gasteiger partial charge in [-0.15, -0.1) is 5.10 Å². The van der Waals surface area contributed by atoms with Gasteiger partial charge in [0, 0.05) is 0 Å². The molecule has 10 heteroatoms.